The fourth-order valence-electron chi connectivity index (χ4n) is 0.611. The third kappa shape index (κ3) is 11.8. The summed E-state index contributed by atoms with van der Waals surface area (Å²) in [7, 11) is 0. The lowest BCUT2D eigenvalue weighted by Gasteiger charge is -2.15. The minimum atomic E-state index is 0.167. The summed E-state index contributed by atoms with van der Waals surface area (Å²) in [6.07, 6.45) is 1.81. The van der Waals surface area contributed by atoms with E-state index in [0.717, 1.165) is 13.1 Å². The first-order chi connectivity index (χ1) is 6.26. The Hall–Kier alpha value is -0.180. The van der Waals surface area contributed by atoms with Crippen molar-refractivity contribution in [2.75, 3.05) is 19.3 Å². The monoisotopic (exact) mass is 207 g/mol. The lowest BCUT2D eigenvalue weighted by molar-refractivity contribution is 0.228. The van der Waals surface area contributed by atoms with Crippen molar-refractivity contribution in [3.63, 3.8) is 0 Å². The fraction of sp³-hybridized carbons (Fsp3) is 0.900. The molecular formula is C10H25NOS. The van der Waals surface area contributed by atoms with Crippen molar-refractivity contribution in [1.29, 1.82) is 0 Å². The van der Waals surface area contributed by atoms with Crippen LogP contribution in [0.2, 0.25) is 0 Å². The zero-order chi connectivity index (χ0) is 11.3. The molecule has 13 heavy (non-hydrogen) atoms. The van der Waals surface area contributed by atoms with E-state index in [2.05, 4.69) is 0 Å². The van der Waals surface area contributed by atoms with Crippen LogP contribution < -0.4 is 0 Å². The van der Waals surface area contributed by atoms with Gasteiger partial charge in [0.2, 0.25) is 0 Å². The van der Waals surface area contributed by atoms with E-state index < -0.39 is 0 Å². The summed E-state index contributed by atoms with van der Waals surface area (Å²) < 4.78 is 0. The molecule has 0 bridgehead atoms. The van der Waals surface area contributed by atoms with Crippen molar-refractivity contribution in [2.24, 2.45) is 0 Å². The summed E-state index contributed by atoms with van der Waals surface area (Å²) in [5.41, 5.74) is 0. The molecule has 0 spiro atoms. The van der Waals surface area contributed by atoms with E-state index in [9.17, 15) is 4.79 Å². The minimum absolute atomic E-state index is 0.167. The van der Waals surface area contributed by atoms with Crippen LogP contribution in [0.5, 0.6) is 0 Å². The third-order valence-electron chi connectivity index (χ3n) is 1.20. The Labute approximate surface area is 88.1 Å². The molecule has 82 valence electrons. The van der Waals surface area contributed by atoms with Crippen molar-refractivity contribution < 1.29 is 4.79 Å². The number of carbonyl (C=O) groups excluding carboxylic acids is 1. The van der Waals surface area contributed by atoms with E-state index in [1.165, 1.54) is 11.8 Å². The van der Waals surface area contributed by atoms with Gasteiger partial charge >= 0.3 is 0 Å². The van der Waals surface area contributed by atoms with Gasteiger partial charge in [-0.1, -0.05) is 39.5 Å². The van der Waals surface area contributed by atoms with Crippen molar-refractivity contribution >= 4 is 17.0 Å². The third-order valence-corrected chi connectivity index (χ3v) is 1.80. The molecule has 0 atom stereocenters. The average molecular weight is 207 g/mol. The molecule has 0 fully saturated rings. The first-order valence-corrected chi connectivity index (χ1v) is 6.31. The molecule has 0 heterocycles. The second kappa shape index (κ2) is 17.8. The van der Waals surface area contributed by atoms with Gasteiger partial charge in [-0.3, -0.25) is 4.79 Å². The van der Waals surface area contributed by atoms with Crippen LogP contribution in [0.25, 0.3) is 0 Å². The number of thioether (sulfide) groups is 1. The van der Waals surface area contributed by atoms with Crippen LogP contribution in [0.1, 0.15) is 41.5 Å². The summed E-state index contributed by atoms with van der Waals surface area (Å²) in [5, 5.41) is 0.167. The van der Waals surface area contributed by atoms with Gasteiger partial charge in [-0.05, 0) is 20.1 Å². The summed E-state index contributed by atoms with van der Waals surface area (Å²) in [5.74, 6) is 0. The number of hydrogen-bond acceptors (Lipinski definition) is 2. The molecule has 0 saturated carbocycles. The van der Waals surface area contributed by atoms with Crippen molar-refractivity contribution in [2.45, 2.75) is 41.5 Å². The molecule has 0 aliphatic heterocycles. The smallest absolute Gasteiger partial charge is 0.281 e. The van der Waals surface area contributed by atoms with Crippen LogP contribution in [0.4, 0.5) is 4.79 Å². The highest BCUT2D eigenvalue weighted by atomic mass is 32.2. The number of rotatable bonds is 2. The molecule has 3 heteroatoms. The Kier molecular flexibility index (Phi) is 25.4. The molecule has 0 aromatic carbocycles. The molecule has 1 amide bonds. The molecule has 0 rings (SSSR count). The lowest BCUT2D eigenvalue weighted by Crippen LogP contribution is -2.26. The first-order valence-electron chi connectivity index (χ1n) is 5.09. The Balaban J connectivity index is -0.000000218. The van der Waals surface area contributed by atoms with Crippen molar-refractivity contribution in [3.05, 3.63) is 0 Å². The molecular weight excluding hydrogens is 182 g/mol. The molecule has 0 radical (unpaired) electrons. The number of nitrogens with zero attached hydrogens (tertiary/aromatic N) is 1. The van der Waals surface area contributed by atoms with E-state index in [4.69, 9.17) is 0 Å². The van der Waals surface area contributed by atoms with Gasteiger partial charge in [-0.2, -0.15) is 0 Å². The largest absolute Gasteiger partial charge is 0.334 e. The number of carbonyl (C=O) groups is 1. The molecule has 0 saturated heterocycles. The molecule has 0 unspecified atom stereocenters. The van der Waals surface area contributed by atoms with Gasteiger partial charge in [0.1, 0.15) is 0 Å². The van der Waals surface area contributed by atoms with E-state index in [1.54, 1.807) is 11.2 Å². The van der Waals surface area contributed by atoms with Crippen molar-refractivity contribution in [1.82, 2.24) is 4.90 Å². The number of hydrogen-bond donors (Lipinski definition) is 0. The SMILES string of the molecule is CC.CC.CCN(CC)C(=O)SC. The topological polar surface area (TPSA) is 20.3 Å². The molecule has 0 aliphatic carbocycles. The average Bonchev–Trinajstić information content (AvgIpc) is 2.25. The normalized spacial score (nSPS) is 7.31. The van der Waals surface area contributed by atoms with Crippen LogP contribution in [0, 0.1) is 0 Å². The van der Waals surface area contributed by atoms with Gasteiger partial charge in [0, 0.05) is 13.1 Å². The Morgan fingerprint density at radius 2 is 1.38 bits per heavy atom. The highest BCUT2D eigenvalue weighted by Gasteiger charge is 2.05. The molecule has 0 N–H and O–H groups in total. The zero-order valence-electron chi connectivity index (χ0n) is 10.2. The van der Waals surface area contributed by atoms with Crippen LogP contribution in [0.15, 0.2) is 0 Å². The summed E-state index contributed by atoms with van der Waals surface area (Å²) in [6.45, 7) is 13.6. The van der Waals surface area contributed by atoms with Gasteiger partial charge in [-0.15, -0.1) is 0 Å². The zero-order valence-corrected chi connectivity index (χ0v) is 11.0. The summed E-state index contributed by atoms with van der Waals surface area (Å²) >= 11 is 1.27. The molecule has 0 aliphatic rings. The maximum Gasteiger partial charge on any atom is 0.281 e. The summed E-state index contributed by atoms with van der Waals surface area (Å²) in [4.78, 5) is 12.7. The lowest BCUT2D eigenvalue weighted by atomic mass is 10.6. The van der Waals surface area contributed by atoms with E-state index in [1.807, 2.05) is 41.5 Å². The van der Waals surface area contributed by atoms with Gasteiger partial charge < -0.3 is 4.90 Å². The Bertz CT molecular complexity index is 92.9. The Morgan fingerprint density at radius 3 is 1.46 bits per heavy atom. The van der Waals surface area contributed by atoms with Crippen molar-refractivity contribution in [3.8, 4) is 0 Å². The van der Waals surface area contributed by atoms with Gasteiger partial charge in [0.05, 0.1) is 0 Å². The van der Waals surface area contributed by atoms with E-state index in [0.29, 0.717) is 0 Å². The second-order valence-corrected chi connectivity index (χ2v) is 2.40. The first kappa shape index (κ1) is 18.6. The highest BCUT2D eigenvalue weighted by molar-refractivity contribution is 8.12. The Morgan fingerprint density at radius 1 is 1.08 bits per heavy atom. The highest BCUT2D eigenvalue weighted by Crippen LogP contribution is 2.02. The van der Waals surface area contributed by atoms with Crippen LogP contribution in [-0.2, 0) is 0 Å². The second-order valence-electron chi connectivity index (χ2n) is 1.64. The van der Waals surface area contributed by atoms with Gasteiger partial charge in [0.25, 0.3) is 5.24 Å². The van der Waals surface area contributed by atoms with Crippen LogP contribution >= 0.6 is 11.8 Å². The quantitative estimate of drug-likeness (QED) is 0.685. The van der Waals surface area contributed by atoms with Gasteiger partial charge in [0.15, 0.2) is 0 Å². The van der Waals surface area contributed by atoms with Crippen LogP contribution in [-0.4, -0.2) is 29.5 Å². The predicted molar refractivity (Wildman–Crippen MR) is 64.5 cm³/mol. The van der Waals surface area contributed by atoms with E-state index in [-0.39, 0.29) is 5.24 Å². The van der Waals surface area contributed by atoms with Crippen LogP contribution in [0.3, 0.4) is 0 Å². The standard InChI is InChI=1S/C6H13NOS.2C2H6/c1-4-7(5-2)6(8)9-3;2*1-2/h4-5H2,1-3H3;2*1-2H3. The molecule has 2 nitrogen and oxygen atoms in total. The summed E-state index contributed by atoms with van der Waals surface area (Å²) in [6, 6.07) is 0. The predicted octanol–water partition coefficient (Wildman–Crippen LogP) is 3.86. The number of amides is 1. The van der Waals surface area contributed by atoms with Gasteiger partial charge in [-0.25, -0.2) is 0 Å². The van der Waals surface area contributed by atoms with E-state index >= 15 is 0 Å². The minimum Gasteiger partial charge on any atom is -0.334 e. The maximum atomic E-state index is 10.9. The maximum absolute atomic E-state index is 10.9. The molecule has 0 aromatic heterocycles. The fourth-order valence-corrected chi connectivity index (χ4v) is 1.13. The molecule has 0 aromatic rings.